The lowest BCUT2D eigenvalue weighted by Crippen LogP contribution is -2.32. The van der Waals surface area contributed by atoms with Crippen molar-refractivity contribution < 1.29 is 22.8 Å². The van der Waals surface area contributed by atoms with Crippen molar-refractivity contribution >= 4 is 50.7 Å². The third-order valence-corrected chi connectivity index (χ3v) is 4.86. The highest BCUT2D eigenvalue weighted by Gasteiger charge is 2.33. The second kappa shape index (κ2) is 10.1. The first-order chi connectivity index (χ1) is 13.6. The highest BCUT2D eigenvalue weighted by Crippen LogP contribution is 2.36. The van der Waals surface area contributed by atoms with E-state index in [0.29, 0.717) is 5.69 Å². The Bertz CT molecular complexity index is 893. The van der Waals surface area contributed by atoms with Crippen LogP contribution in [0.1, 0.15) is 12.0 Å². The molecule has 0 aliphatic heterocycles. The molecule has 0 radical (unpaired) electrons. The highest BCUT2D eigenvalue weighted by molar-refractivity contribution is 9.10. The quantitative estimate of drug-likeness (QED) is 0.571. The van der Waals surface area contributed by atoms with Crippen LogP contribution in [0.2, 0.25) is 5.02 Å². The number of anilines is 2. The standard InChI is InChI=1S/C19H18BrClF3N3O2/c1-27(9-8-17(28)26-16-5-3-2-4-14(16)20)11-18(29)25-12-6-7-15(21)13(10-12)19(22,23)24/h2-7,10H,8-9,11H2,1H3,(H,25,29)(H,26,28). The van der Waals surface area contributed by atoms with Gasteiger partial charge in [0.15, 0.2) is 0 Å². The van der Waals surface area contributed by atoms with E-state index >= 15 is 0 Å². The van der Waals surface area contributed by atoms with Gasteiger partial charge in [0.05, 0.1) is 22.8 Å². The first-order valence-electron chi connectivity index (χ1n) is 8.46. The Hall–Kier alpha value is -2.10. The van der Waals surface area contributed by atoms with Gasteiger partial charge in [-0.3, -0.25) is 14.5 Å². The molecule has 2 amide bonds. The lowest BCUT2D eigenvalue weighted by Gasteiger charge is -2.17. The van der Waals surface area contributed by atoms with Crippen LogP contribution < -0.4 is 10.6 Å². The van der Waals surface area contributed by atoms with E-state index < -0.39 is 22.7 Å². The number of para-hydroxylation sites is 1. The van der Waals surface area contributed by atoms with Gasteiger partial charge in [0.2, 0.25) is 11.8 Å². The summed E-state index contributed by atoms with van der Waals surface area (Å²) in [5.41, 5.74) is -0.387. The fourth-order valence-electron chi connectivity index (χ4n) is 2.41. The molecule has 0 fully saturated rings. The Morgan fingerprint density at radius 2 is 1.79 bits per heavy atom. The Kier molecular flexibility index (Phi) is 8.06. The van der Waals surface area contributed by atoms with Crippen molar-refractivity contribution in [1.29, 1.82) is 0 Å². The van der Waals surface area contributed by atoms with E-state index in [1.807, 2.05) is 6.07 Å². The molecule has 2 rings (SSSR count). The molecule has 0 spiro atoms. The smallest absolute Gasteiger partial charge is 0.325 e. The lowest BCUT2D eigenvalue weighted by molar-refractivity contribution is -0.137. The number of hydrogen-bond acceptors (Lipinski definition) is 3. The van der Waals surface area contributed by atoms with Crippen LogP contribution in [0.3, 0.4) is 0 Å². The second-order valence-electron chi connectivity index (χ2n) is 6.26. The molecule has 2 aromatic rings. The fraction of sp³-hybridized carbons (Fsp3) is 0.263. The average molecular weight is 493 g/mol. The van der Waals surface area contributed by atoms with E-state index in [0.717, 1.165) is 16.6 Å². The number of carbonyl (C=O) groups is 2. The maximum atomic E-state index is 12.9. The van der Waals surface area contributed by atoms with Crippen LogP contribution in [0.5, 0.6) is 0 Å². The molecule has 0 bridgehead atoms. The van der Waals surface area contributed by atoms with Gasteiger partial charge in [-0.1, -0.05) is 23.7 Å². The number of likely N-dealkylation sites (N-methyl/N-ethyl adjacent to an activating group) is 1. The molecule has 29 heavy (non-hydrogen) atoms. The first-order valence-corrected chi connectivity index (χ1v) is 9.63. The normalized spacial score (nSPS) is 11.4. The van der Waals surface area contributed by atoms with Crippen LogP contribution in [-0.2, 0) is 15.8 Å². The van der Waals surface area contributed by atoms with Crippen molar-refractivity contribution in [3.63, 3.8) is 0 Å². The van der Waals surface area contributed by atoms with Crippen molar-refractivity contribution in [2.24, 2.45) is 0 Å². The summed E-state index contributed by atoms with van der Waals surface area (Å²) in [6.45, 7) is 0.199. The zero-order valence-corrected chi connectivity index (χ0v) is 17.7. The molecular formula is C19H18BrClF3N3O2. The van der Waals surface area contributed by atoms with Gasteiger partial charge < -0.3 is 10.6 Å². The average Bonchev–Trinajstić information content (AvgIpc) is 2.62. The van der Waals surface area contributed by atoms with E-state index in [4.69, 9.17) is 11.6 Å². The summed E-state index contributed by atoms with van der Waals surface area (Å²) in [4.78, 5) is 25.7. The summed E-state index contributed by atoms with van der Waals surface area (Å²) < 4.78 is 39.4. The molecule has 0 atom stereocenters. The van der Waals surface area contributed by atoms with Gasteiger partial charge in [0.1, 0.15) is 0 Å². The van der Waals surface area contributed by atoms with Gasteiger partial charge in [-0.15, -0.1) is 0 Å². The van der Waals surface area contributed by atoms with Crippen LogP contribution in [0.25, 0.3) is 0 Å². The summed E-state index contributed by atoms with van der Waals surface area (Å²) in [6, 6.07) is 10.3. The van der Waals surface area contributed by atoms with E-state index in [1.54, 1.807) is 30.1 Å². The van der Waals surface area contributed by atoms with E-state index in [2.05, 4.69) is 26.6 Å². The van der Waals surface area contributed by atoms with E-state index in [1.165, 1.54) is 6.07 Å². The number of alkyl halides is 3. The van der Waals surface area contributed by atoms with Crippen molar-refractivity contribution in [1.82, 2.24) is 4.90 Å². The number of benzene rings is 2. The summed E-state index contributed by atoms with van der Waals surface area (Å²) in [5.74, 6) is -0.731. The highest BCUT2D eigenvalue weighted by atomic mass is 79.9. The lowest BCUT2D eigenvalue weighted by atomic mass is 10.2. The Labute approximate surface area is 179 Å². The number of hydrogen-bond donors (Lipinski definition) is 2. The summed E-state index contributed by atoms with van der Waals surface area (Å²) >= 11 is 8.89. The molecule has 2 N–H and O–H groups in total. The second-order valence-corrected chi connectivity index (χ2v) is 7.52. The maximum absolute atomic E-state index is 12.9. The van der Waals surface area contributed by atoms with Gasteiger partial charge in [-0.25, -0.2) is 0 Å². The van der Waals surface area contributed by atoms with Crippen LogP contribution in [0, 0.1) is 0 Å². The number of rotatable bonds is 7. The number of carbonyl (C=O) groups excluding carboxylic acids is 2. The van der Waals surface area contributed by atoms with E-state index in [-0.39, 0.29) is 31.1 Å². The zero-order chi connectivity index (χ0) is 21.6. The predicted octanol–water partition coefficient (Wildman–Crippen LogP) is 5.02. The van der Waals surface area contributed by atoms with Crippen LogP contribution >= 0.6 is 27.5 Å². The molecule has 0 aromatic heterocycles. The van der Waals surface area contributed by atoms with Gasteiger partial charge in [0, 0.05) is 23.1 Å². The van der Waals surface area contributed by atoms with Crippen molar-refractivity contribution in [2.45, 2.75) is 12.6 Å². The molecule has 0 saturated heterocycles. The third kappa shape index (κ3) is 7.34. The molecule has 0 unspecified atom stereocenters. The van der Waals surface area contributed by atoms with Crippen molar-refractivity contribution in [3.05, 3.63) is 57.5 Å². The minimum Gasteiger partial charge on any atom is -0.325 e. The molecular weight excluding hydrogens is 475 g/mol. The Morgan fingerprint density at radius 1 is 1.10 bits per heavy atom. The molecule has 0 aliphatic carbocycles. The van der Waals surface area contributed by atoms with Crippen molar-refractivity contribution in [3.8, 4) is 0 Å². The number of amides is 2. The van der Waals surface area contributed by atoms with Crippen LogP contribution in [-0.4, -0.2) is 36.9 Å². The maximum Gasteiger partial charge on any atom is 0.417 e. The van der Waals surface area contributed by atoms with Crippen LogP contribution in [0.15, 0.2) is 46.9 Å². The third-order valence-electron chi connectivity index (χ3n) is 3.84. The SMILES string of the molecule is CN(CCC(=O)Nc1ccccc1Br)CC(=O)Nc1ccc(Cl)c(C(F)(F)F)c1. The fourth-order valence-corrected chi connectivity index (χ4v) is 3.02. The summed E-state index contributed by atoms with van der Waals surface area (Å²) in [6.07, 6.45) is -4.47. The van der Waals surface area contributed by atoms with Gasteiger partial charge >= 0.3 is 6.18 Å². The molecule has 0 aliphatic rings. The molecule has 2 aromatic carbocycles. The molecule has 0 heterocycles. The molecule has 10 heteroatoms. The topological polar surface area (TPSA) is 61.4 Å². The minimum atomic E-state index is -4.62. The Balaban J connectivity index is 1.83. The van der Waals surface area contributed by atoms with Crippen molar-refractivity contribution in [2.75, 3.05) is 30.8 Å². The predicted molar refractivity (Wildman–Crippen MR) is 110 cm³/mol. The summed E-state index contributed by atoms with van der Waals surface area (Å²) in [7, 11) is 1.63. The monoisotopic (exact) mass is 491 g/mol. The van der Waals surface area contributed by atoms with Crippen LogP contribution in [0.4, 0.5) is 24.5 Å². The first kappa shape index (κ1) is 23.2. The number of nitrogens with one attached hydrogen (secondary N) is 2. The zero-order valence-electron chi connectivity index (χ0n) is 15.3. The molecule has 156 valence electrons. The molecule has 5 nitrogen and oxygen atoms in total. The van der Waals surface area contributed by atoms with E-state index in [9.17, 15) is 22.8 Å². The van der Waals surface area contributed by atoms with Gasteiger partial charge in [-0.05, 0) is 53.3 Å². The largest absolute Gasteiger partial charge is 0.417 e. The minimum absolute atomic E-state index is 0.00760. The Morgan fingerprint density at radius 3 is 2.45 bits per heavy atom. The number of halogens is 5. The van der Waals surface area contributed by atoms with Gasteiger partial charge in [0.25, 0.3) is 0 Å². The number of nitrogens with zero attached hydrogens (tertiary/aromatic N) is 1. The summed E-state index contributed by atoms with van der Waals surface area (Å²) in [5, 5.41) is 4.71. The van der Waals surface area contributed by atoms with Gasteiger partial charge in [-0.2, -0.15) is 13.2 Å². The molecule has 0 saturated carbocycles.